The van der Waals surface area contributed by atoms with Crippen molar-refractivity contribution in [3.8, 4) is 5.75 Å². The Labute approximate surface area is 149 Å². The number of nitrogens with one attached hydrogen (secondary N) is 1. The third-order valence-corrected chi connectivity index (χ3v) is 3.19. The van der Waals surface area contributed by atoms with Crippen LogP contribution in [0.3, 0.4) is 0 Å². The van der Waals surface area contributed by atoms with Crippen LogP contribution in [-0.4, -0.2) is 18.5 Å². The second-order valence-electron chi connectivity index (χ2n) is 5.21. The highest BCUT2D eigenvalue weighted by atomic mass is 19.3. The van der Waals surface area contributed by atoms with E-state index >= 15 is 0 Å². The minimum absolute atomic E-state index is 0.0593. The first-order chi connectivity index (χ1) is 12.5. The van der Waals surface area contributed by atoms with Gasteiger partial charge in [0.2, 0.25) is 5.91 Å². The molecule has 0 aromatic heterocycles. The standard InChI is InChI=1S/C19H17F2NO4/c1-13(23)22-16(11-14-7-3-2-4-8-14)18(24)25-12-15-9-5-6-10-17(15)26-19(20)21/h2-11,19H,12H2,1H3,(H,22,23)/b16-11-. The van der Waals surface area contributed by atoms with Crippen LogP contribution >= 0.6 is 0 Å². The number of amides is 1. The zero-order valence-corrected chi connectivity index (χ0v) is 13.9. The van der Waals surface area contributed by atoms with Gasteiger partial charge in [0.15, 0.2) is 0 Å². The van der Waals surface area contributed by atoms with Crippen molar-refractivity contribution in [1.82, 2.24) is 5.32 Å². The Morgan fingerprint density at radius 2 is 1.73 bits per heavy atom. The largest absolute Gasteiger partial charge is 0.456 e. The molecular weight excluding hydrogens is 344 g/mol. The van der Waals surface area contributed by atoms with E-state index in [-0.39, 0.29) is 23.6 Å². The molecule has 2 rings (SSSR count). The summed E-state index contributed by atoms with van der Waals surface area (Å²) in [6.45, 7) is -2.01. The molecule has 1 N–H and O–H groups in total. The molecule has 0 unspecified atom stereocenters. The maximum Gasteiger partial charge on any atom is 0.387 e. The molecule has 0 heterocycles. The molecule has 0 atom stereocenters. The van der Waals surface area contributed by atoms with E-state index < -0.39 is 18.5 Å². The number of ether oxygens (including phenoxy) is 2. The van der Waals surface area contributed by atoms with Crippen LogP contribution in [0.1, 0.15) is 18.1 Å². The molecule has 136 valence electrons. The van der Waals surface area contributed by atoms with Gasteiger partial charge >= 0.3 is 12.6 Å². The molecule has 5 nitrogen and oxygen atoms in total. The van der Waals surface area contributed by atoms with Crippen molar-refractivity contribution < 1.29 is 27.8 Å². The van der Waals surface area contributed by atoms with E-state index in [1.807, 2.05) is 6.07 Å². The van der Waals surface area contributed by atoms with Crippen LogP contribution in [0.4, 0.5) is 8.78 Å². The fourth-order valence-electron chi connectivity index (χ4n) is 2.11. The lowest BCUT2D eigenvalue weighted by molar-refractivity contribution is -0.141. The predicted molar refractivity (Wildman–Crippen MR) is 91.1 cm³/mol. The van der Waals surface area contributed by atoms with Gasteiger partial charge in [-0.1, -0.05) is 48.5 Å². The van der Waals surface area contributed by atoms with Crippen LogP contribution in [0.15, 0.2) is 60.3 Å². The van der Waals surface area contributed by atoms with E-state index in [9.17, 15) is 18.4 Å². The Kier molecular flexibility index (Phi) is 6.84. The SMILES string of the molecule is CC(=O)N/C(=C\c1ccccc1)C(=O)OCc1ccccc1OC(F)F. The number of rotatable bonds is 7. The quantitative estimate of drug-likeness (QED) is 0.605. The Bertz CT molecular complexity index is 791. The molecule has 0 radical (unpaired) electrons. The zero-order valence-electron chi connectivity index (χ0n) is 13.9. The fourth-order valence-corrected chi connectivity index (χ4v) is 2.11. The topological polar surface area (TPSA) is 64.6 Å². The van der Waals surface area contributed by atoms with Gasteiger partial charge in [-0.25, -0.2) is 4.79 Å². The number of para-hydroxylation sites is 1. The Morgan fingerprint density at radius 1 is 1.08 bits per heavy atom. The number of hydrogen-bond donors (Lipinski definition) is 1. The normalized spacial score (nSPS) is 11.2. The van der Waals surface area contributed by atoms with Gasteiger partial charge in [-0.2, -0.15) is 8.78 Å². The van der Waals surface area contributed by atoms with Crippen LogP contribution in [0.2, 0.25) is 0 Å². The summed E-state index contributed by atoms with van der Waals surface area (Å²) in [5.74, 6) is -1.31. The van der Waals surface area contributed by atoms with Crippen molar-refractivity contribution in [2.75, 3.05) is 0 Å². The van der Waals surface area contributed by atoms with Crippen molar-refractivity contribution in [1.29, 1.82) is 0 Å². The lowest BCUT2D eigenvalue weighted by atomic mass is 10.2. The Morgan fingerprint density at radius 3 is 2.38 bits per heavy atom. The summed E-state index contributed by atoms with van der Waals surface area (Å²) in [4.78, 5) is 23.6. The average Bonchev–Trinajstić information content (AvgIpc) is 2.60. The van der Waals surface area contributed by atoms with E-state index in [1.165, 1.54) is 31.2 Å². The Balaban J connectivity index is 2.13. The highest BCUT2D eigenvalue weighted by Crippen LogP contribution is 2.21. The first-order valence-electron chi connectivity index (χ1n) is 7.70. The molecule has 0 saturated carbocycles. The molecule has 7 heteroatoms. The molecule has 1 amide bonds. The molecule has 2 aromatic rings. The van der Waals surface area contributed by atoms with Gasteiger partial charge in [-0.15, -0.1) is 0 Å². The number of carbonyl (C=O) groups excluding carboxylic acids is 2. The number of hydrogen-bond acceptors (Lipinski definition) is 4. The van der Waals surface area contributed by atoms with Crippen LogP contribution in [0, 0.1) is 0 Å². The number of alkyl halides is 2. The molecule has 0 aliphatic heterocycles. The lowest BCUT2D eigenvalue weighted by Gasteiger charge is -2.12. The van der Waals surface area contributed by atoms with Crippen LogP contribution in [0.5, 0.6) is 5.75 Å². The molecule has 0 fully saturated rings. The molecular formula is C19H17F2NO4. The van der Waals surface area contributed by atoms with Gasteiger partial charge in [-0.05, 0) is 17.7 Å². The van der Waals surface area contributed by atoms with E-state index in [0.717, 1.165) is 0 Å². The van der Waals surface area contributed by atoms with Gasteiger partial charge in [0.1, 0.15) is 18.1 Å². The summed E-state index contributed by atoms with van der Waals surface area (Å²) in [6, 6.07) is 14.9. The zero-order chi connectivity index (χ0) is 18.9. The van der Waals surface area contributed by atoms with Gasteiger partial charge in [0.05, 0.1) is 0 Å². The molecule has 0 spiro atoms. The average molecular weight is 361 g/mol. The monoisotopic (exact) mass is 361 g/mol. The fraction of sp³-hybridized carbons (Fsp3) is 0.158. The molecule has 0 aliphatic carbocycles. The lowest BCUT2D eigenvalue weighted by Crippen LogP contribution is -2.26. The van der Waals surface area contributed by atoms with Gasteiger partial charge in [0, 0.05) is 12.5 Å². The summed E-state index contributed by atoms with van der Waals surface area (Å²) < 4.78 is 34.4. The summed E-state index contributed by atoms with van der Waals surface area (Å²) in [5, 5.41) is 2.41. The summed E-state index contributed by atoms with van der Waals surface area (Å²) in [7, 11) is 0. The van der Waals surface area contributed by atoms with Crippen molar-refractivity contribution in [2.24, 2.45) is 0 Å². The maximum absolute atomic E-state index is 12.4. The molecule has 0 saturated heterocycles. The molecule has 0 aliphatic rings. The first kappa shape index (κ1) is 19.1. The van der Waals surface area contributed by atoms with E-state index in [1.54, 1.807) is 30.3 Å². The number of halogens is 2. The van der Waals surface area contributed by atoms with E-state index in [4.69, 9.17) is 4.74 Å². The second kappa shape index (κ2) is 9.31. The van der Waals surface area contributed by atoms with Gasteiger partial charge in [-0.3, -0.25) is 4.79 Å². The Hall–Kier alpha value is -3.22. The van der Waals surface area contributed by atoms with Crippen molar-refractivity contribution in [3.05, 3.63) is 71.4 Å². The number of carbonyl (C=O) groups is 2. The molecule has 2 aromatic carbocycles. The van der Waals surface area contributed by atoms with Gasteiger partial charge in [0.25, 0.3) is 0 Å². The molecule has 26 heavy (non-hydrogen) atoms. The van der Waals surface area contributed by atoms with E-state index in [2.05, 4.69) is 10.1 Å². The van der Waals surface area contributed by atoms with Crippen molar-refractivity contribution >= 4 is 18.0 Å². The summed E-state index contributed by atoms with van der Waals surface area (Å²) in [6.07, 6.45) is 1.46. The highest BCUT2D eigenvalue weighted by Gasteiger charge is 2.15. The predicted octanol–water partition coefficient (Wildman–Crippen LogP) is 3.51. The number of esters is 1. The third-order valence-electron chi connectivity index (χ3n) is 3.19. The highest BCUT2D eigenvalue weighted by molar-refractivity contribution is 5.97. The first-order valence-corrected chi connectivity index (χ1v) is 7.70. The summed E-state index contributed by atoms with van der Waals surface area (Å²) >= 11 is 0. The van der Waals surface area contributed by atoms with Crippen LogP contribution in [-0.2, 0) is 20.9 Å². The van der Waals surface area contributed by atoms with Gasteiger partial charge < -0.3 is 14.8 Å². The summed E-state index contributed by atoms with van der Waals surface area (Å²) in [5.41, 5.74) is 0.911. The minimum Gasteiger partial charge on any atom is -0.456 e. The maximum atomic E-state index is 12.4. The smallest absolute Gasteiger partial charge is 0.387 e. The second-order valence-corrected chi connectivity index (χ2v) is 5.21. The minimum atomic E-state index is -2.99. The van der Waals surface area contributed by atoms with Crippen LogP contribution in [0.25, 0.3) is 6.08 Å². The van der Waals surface area contributed by atoms with Crippen LogP contribution < -0.4 is 10.1 Å². The van der Waals surface area contributed by atoms with Crippen molar-refractivity contribution in [3.63, 3.8) is 0 Å². The third kappa shape index (κ3) is 6.01. The molecule has 0 bridgehead atoms. The van der Waals surface area contributed by atoms with Crippen molar-refractivity contribution in [2.45, 2.75) is 20.1 Å². The van der Waals surface area contributed by atoms with E-state index in [0.29, 0.717) is 5.56 Å². The number of benzene rings is 2.